The number of esters is 2. The molecule has 1 amide bonds. The number of carbonyl (C=O) groups excluding carboxylic acids is 3. The maximum atomic E-state index is 13.5. The topological polar surface area (TPSA) is 108 Å². The van der Waals surface area contributed by atoms with Crippen molar-refractivity contribution in [3.05, 3.63) is 106 Å². The Balaban J connectivity index is 1.23. The molecule has 1 N–H and O–H groups in total. The number of rotatable bonds is 9. The summed E-state index contributed by atoms with van der Waals surface area (Å²) in [5.41, 5.74) is 4.54. The molecule has 8 nitrogen and oxygen atoms in total. The van der Waals surface area contributed by atoms with Gasteiger partial charge >= 0.3 is 11.9 Å². The Labute approximate surface area is 259 Å². The highest BCUT2D eigenvalue weighted by Crippen LogP contribution is 2.43. The Bertz CT molecular complexity index is 1790. The van der Waals surface area contributed by atoms with Crippen LogP contribution in [-0.2, 0) is 27.1 Å². The molecule has 2 aromatic heterocycles. The van der Waals surface area contributed by atoms with Crippen molar-refractivity contribution in [2.45, 2.75) is 51.6 Å². The smallest absolute Gasteiger partial charge is 0.341 e. The maximum Gasteiger partial charge on any atom is 0.341 e. The molecule has 0 saturated heterocycles. The molecule has 0 bridgehead atoms. The lowest BCUT2D eigenvalue weighted by Gasteiger charge is -2.23. The molecule has 224 valence electrons. The number of amides is 1. The summed E-state index contributed by atoms with van der Waals surface area (Å²) >= 11 is 1.39. The predicted molar refractivity (Wildman–Crippen MR) is 169 cm³/mol. The van der Waals surface area contributed by atoms with Gasteiger partial charge in [0.15, 0.2) is 11.7 Å². The molecule has 2 unspecified atom stereocenters. The number of oxazole rings is 1. The van der Waals surface area contributed by atoms with Gasteiger partial charge in [0.25, 0.3) is 5.91 Å². The highest BCUT2D eigenvalue weighted by molar-refractivity contribution is 7.17. The Morgan fingerprint density at radius 1 is 0.977 bits per heavy atom. The van der Waals surface area contributed by atoms with E-state index >= 15 is 0 Å². The average molecular weight is 609 g/mol. The third-order valence-electron chi connectivity index (χ3n) is 7.84. The van der Waals surface area contributed by atoms with Crippen molar-refractivity contribution >= 4 is 45.3 Å². The standard InChI is InChI=1S/C35H32N2O6S/c1-3-27(43-34(39)24-15-9-8-14-23(24)32-36-26-16-10-11-17-28(26)42-32)31(38)37-33-30(35(40)41-4-2)25-19-18-22(20-29(25)44-33)21-12-6-5-7-13-21/h5-17,22,27H,3-4,18-20H2,1-2H3,(H,37,38). The lowest BCUT2D eigenvalue weighted by Crippen LogP contribution is -2.32. The molecule has 44 heavy (non-hydrogen) atoms. The molecule has 2 heterocycles. The minimum Gasteiger partial charge on any atom is -0.462 e. The van der Waals surface area contributed by atoms with Crippen LogP contribution in [-0.4, -0.2) is 35.5 Å². The zero-order valence-electron chi connectivity index (χ0n) is 24.5. The van der Waals surface area contributed by atoms with E-state index in [1.807, 2.05) is 36.4 Å². The fourth-order valence-electron chi connectivity index (χ4n) is 5.65. The van der Waals surface area contributed by atoms with Crippen LogP contribution in [0.15, 0.2) is 83.3 Å². The molecule has 9 heteroatoms. The molecule has 5 aromatic rings. The molecular formula is C35H32N2O6S. The third kappa shape index (κ3) is 5.88. The van der Waals surface area contributed by atoms with Gasteiger partial charge in [-0.1, -0.05) is 61.5 Å². The molecule has 0 aliphatic heterocycles. The number of aromatic nitrogens is 1. The van der Waals surface area contributed by atoms with Crippen LogP contribution in [0, 0.1) is 0 Å². The van der Waals surface area contributed by atoms with Crippen molar-refractivity contribution in [3.63, 3.8) is 0 Å². The van der Waals surface area contributed by atoms with Gasteiger partial charge in [-0.05, 0) is 73.9 Å². The van der Waals surface area contributed by atoms with Crippen molar-refractivity contribution in [2.75, 3.05) is 11.9 Å². The second-order valence-electron chi connectivity index (χ2n) is 10.6. The average Bonchev–Trinajstić information content (AvgIpc) is 3.65. The molecule has 6 rings (SSSR count). The first-order chi connectivity index (χ1) is 21.5. The fraction of sp³-hybridized carbons (Fsp3) is 0.257. The van der Waals surface area contributed by atoms with Crippen LogP contribution in [0.5, 0.6) is 0 Å². The van der Waals surface area contributed by atoms with Crippen molar-refractivity contribution in [1.82, 2.24) is 4.98 Å². The van der Waals surface area contributed by atoms with E-state index in [9.17, 15) is 14.4 Å². The number of hydrogen-bond donors (Lipinski definition) is 1. The normalized spacial score (nSPS) is 14.9. The lowest BCUT2D eigenvalue weighted by atomic mass is 9.83. The Morgan fingerprint density at radius 3 is 2.50 bits per heavy atom. The van der Waals surface area contributed by atoms with Crippen LogP contribution in [0.25, 0.3) is 22.6 Å². The van der Waals surface area contributed by atoms with Gasteiger partial charge in [0, 0.05) is 4.88 Å². The molecule has 2 atom stereocenters. The van der Waals surface area contributed by atoms with Gasteiger partial charge in [-0.15, -0.1) is 11.3 Å². The minimum absolute atomic E-state index is 0.220. The number of nitrogens with zero attached hydrogens (tertiary/aromatic N) is 1. The second kappa shape index (κ2) is 12.9. The van der Waals surface area contributed by atoms with Crippen LogP contribution in [0.1, 0.15) is 69.3 Å². The number of fused-ring (bicyclic) bond motifs is 2. The van der Waals surface area contributed by atoms with E-state index in [4.69, 9.17) is 13.9 Å². The number of benzene rings is 3. The number of nitrogens with one attached hydrogen (secondary N) is 1. The molecule has 3 aromatic carbocycles. The molecule has 0 fully saturated rings. The van der Waals surface area contributed by atoms with E-state index in [1.165, 1.54) is 16.9 Å². The van der Waals surface area contributed by atoms with E-state index < -0.39 is 23.9 Å². The van der Waals surface area contributed by atoms with Gasteiger partial charge < -0.3 is 19.2 Å². The predicted octanol–water partition coefficient (Wildman–Crippen LogP) is 7.58. The molecule has 0 saturated carbocycles. The zero-order valence-corrected chi connectivity index (χ0v) is 25.3. The zero-order chi connectivity index (χ0) is 30.6. The molecule has 1 aliphatic carbocycles. The van der Waals surface area contributed by atoms with Gasteiger partial charge in [0.2, 0.25) is 5.89 Å². The fourth-order valence-corrected chi connectivity index (χ4v) is 6.96. The summed E-state index contributed by atoms with van der Waals surface area (Å²) in [6.07, 6.45) is 1.51. The van der Waals surface area contributed by atoms with Gasteiger partial charge in [-0.3, -0.25) is 4.79 Å². The van der Waals surface area contributed by atoms with E-state index in [1.54, 1.807) is 44.2 Å². The number of ether oxygens (including phenoxy) is 2. The Hall–Kier alpha value is -4.76. The number of anilines is 1. The van der Waals surface area contributed by atoms with Gasteiger partial charge in [0.1, 0.15) is 10.5 Å². The first-order valence-corrected chi connectivity index (χ1v) is 15.6. The first kappa shape index (κ1) is 29.3. The summed E-state index contributed by atoms with van der Waals surface area (Å²) in [7, 11) is 0. The van der Waals surface area contributed by atoms with E-state index in [0.29, 0.717) is 39.6 Å². The van der Waals surface area contributed by atoms with E-state index in [-0.39, 0.29) is 24.5 Å². The summed E-state index contributed by atoms with van der Waals surface area (Å²) in [5, 5.41) is 3.33. The van der Waals surface area contributed by atoms with Crippen LogP contribution in [0.3, 0.4) is 0 Å². The van der Waals surface area contributed by atoms with Crippen molar-refractivity contribution in [2.24, 2.45) is 0 Å². The first-order valence-electron chi connectivity index (χ1n) is 14.8. The molecule has 0 radical (unpaired) electrons. The highest BCUT2D eigenvalue weighted by Gasteiger charge is 2.32. The Morgan fingerprint density at radius 2 is 1.73 bits per heavy atom. The monoisotopic (exact) mass is 608 g/mol. The van der Waals surface area contributed by atoms with Crippen LogP contribution in [0.2, 0.25) is 0 Å². The summed E-state index contributed by atoms with van der Waals surface area (Å²) < 4.78 is 17.0. The van der Waals surface area contributed by atoms with Gasteiger partial charge in [0.05, 0.1) is 23.3 Å². The SMILES string of the molecule is CCOC(=O)c1c(NC(=O)C(CC)OC(=O)c2ccccc2-c2nc3ccccc3o2)sc2c1CCC(c1ccccc1)C2. The molecule has 0 spiro atoms. The Kier molecular flexibility index (Phi) is 8.56. The quantitative estimate of drug-likeness (QED) is 0.172. The largest absolute Gasteiger partial charge is 0.462 e. The number of thiophene rings is 1. The number of carbonyl (C=O) groups is 3. The number of para-hydroxylation sites is 2. The minimum atomic E-state index is -1.09. The summed E-state index contributed by atoms with van der Waals surface area (Å²) in [6, 6.07) is 24.5. The van der Waals surface area contributed by atoms with Crippen molar-refractivity contribution in [1.29, 1.82) is 0 Å². The van der Waals surface area contributed by atoms with Crippen molar-refractivity contribution < 1.29 is 28.3 Å². The second-order valence-corrected chi connectivity index (χ2v) is 11.7. The lowest BCUT2D eigenvalue weighted by molar-refractivity contribution is -0.124. The summed E-state index contributed by atoms with van der Waals surface area (Å²) in [4.78, 5) is 45.7. The summed E-state index contributed by atoms with van der Waals surface area (Å²) in [6.45, 7) is 3.74. The van der Waals surface area contributed by atoms with Crippen LogP contribution < -0.4 is 5.32 Å². The maximum absolute atomic E-state index is 13.5. The van der Waals surface area contributed by atoms with E-state index in [2.05, 4.69) is 22.4 Å². The van der Waals surface area contributed by atoms with Gasteiger partial charge in [-0.2, -0.15) is 0 Å². The number of hydrogen-bond acceptors (Lipinski definition) is 8. The third-order valence-corrected chi connectivity index (χ3v) is 9.01. The molecular weight excluding hydrogens is 576 g/mol. The molecule has 1 aliphatic rings. The van der Waals surface area contributed by atoms with Crippen LogP contribution in [0.4, 0.5) is 5.00 Å². The van der Waals surface area contributed by atoms with Crippen LogP contribution >= 0.6 is 11.3 Å². The van der Waals surface area contributed by atoms with Crippen molar-refractivity contribution in [3.8, 4) is 11.5 Å². The highest BCUT2D eigenvalue weighted by atomic mass is 32.1. The van der Waals surface area contributed by atoms with Gasteiger partial charge in [-0.25, -0.2) is 14.6 Å². The van der Waals surface area contributed by atoms with E-state index in [0.717, 1.165) is 23.3 Å². The summed E-state index contributed by atoms with van der Waals surface area (Å²) in [5.74, 6) is -1.04.